The van der Waals surface area contributed by atoms with Crippen molar-refractivity contribution in [1.82, 2.24) is 19.7 Å². The number of rotatable bonds is 2. The molecule has 0 bridgehead atoms. The summed E-state index contributed by atoms with van der Waals surface area (Å²) in [5, 5.41) is 4.52. The molecule has 5 rings (SSSR count). The topological polar surface area (TPSA) is 46.8 Å². The summed E-state index contributed by atoms with van der Waals surface area (Å²) in [7, 11) is 1.58. The minimum atomic E-state index is -4.96. The van der Waals surface area contributed by atoms with Gasteiger partial charge in [-0.2, -0.15) is 23.3 Å². The first kappa shape index (κ1) is 20.1. The van der Waals surface area contributed by atoms with E-state index in [1.165, 1.54) is 30.1 Å². The molecule has 3 heterocycles. The third-order valence-corrected chi connectivity index (χ3v) is 6.45. The van der Waals surface area contributed by atoms with Gasteiger partial charge in [0.05, 0.1) is 10.9 Å². The van der Waals surface area contributed by atoms with E-state index < -0.39 is 34.5 Å². The fraction of sp³-hybridized carbons (Fsp3) is 0.476. The Labute approximate surface area is 174 Å². The lowest BCUT2D eigenvalue weighted by Gasteiger charge is -2.32. The van der Waals surface area contributed by atoms with E-state index in [1.54, 1.807) is 7.05 Å². The van der Waals surface area contributed by atoms with Crippen LogP contribution in [0.25, 0.3) is 22.3 Å². The summed E-state index contributed by atoms with van der Waals surface area (Å²) in [5.74, 6) is -2.17. The van der Waals surface area contributed by atoms with E-state index in [2.05, 4.69) is 20.0 Å². The smallest absolute Gasteiger partial charge is 0.340 e. The normalized spacial score (nSPS) is 18.2. The second-order valence-electron chi connectivity index (χ2n) is 8.63. The summed E-state index contributed by atoms with van der Waals surface area (Å²) < 4.78 is 70.1. The van der Waals surface area contributed by atoms with Crippen LogP contribution in [0, 0.1) is 24.0 Å². The van der Waals surface area contributed by atoms with Gasteiger partial charge in [-0.1, -0.05) is 0 Å². The van der Waals surface area contributed by atoms with Crippen molar-refractivity contribution in [2.24, 2.45) is 12.5 Å². The van der Waals surface area contributed by atoms with Crippen LogP contribution in [0.4, 0.5) is 27.9 Å². The van der Waals surface area contributed by atoms with E-state index in [-0.39, 0.29) is 5.69 Å². The number of anilines is 1. The molecule has 2 aromatic heterocycles. The number of alkyl halides is 3. The van der Waals surface area contributed by atoms with Gasteiger partial charge in [0.1, 0.15) is 17.3 Å². The molecule has 0 radical (unpaired) electrons. The van der Waals surface area contributed by atoms with Crippen LogP contribution in [-0.4, -0.2) is 32.8 Å². The molecule has 3 aromatic rings. The van der Waals surface area contributed by atoms with Crippen LogP contribution < -0.4 is 4.90 Å². The summed E-state index contributed by atoms with van der Waals surface area (Å²) in [4.78, 5) is 11.1. The minimum Gasteiger partial charge on any atom is -0.340 e. The van der Waals surface area contributed by atoms with Crippen molar-refractivity contribution < 1.29 is 22.0 Å². The van der Waals surface area contributed by atoms with Crippen LogP contribution in [0.3, 0.4) is 0 Å². The van der Waals surface area contributed by atoms with Crippen molar-refractivity contribution >= 4 is 17.0 Å². The van der Waals surface area contributed by atoms with Crippen LogP contribution in [0.5, 0.6) is 0 Å². The maximum atomic E-state index is 14.8. The molecule has 1 saturated heterocycles. The van der Waals surface area contributed by atoms with Crippen molar-refractivity contribution in [1.29, 1.82) is 0 Å². The zero-order chi connectivity index (χ0) is 22.1. The highest BCUT2D eigenvalue weighted by molar-refractivity contribution is 5.91. The Bertz CT molecular complexity index is 1200. The number of aryl methyl sites for hydroxylation is 1. The van der Waals surface area contributed by atoms with Gasteiger partial charge < -0.3 is 4.90 Å². The molecule has 1 aliphatic heterocycles. The van der Waals surface area contributed by atoms with Gasteiger partial charge in [0.2, 0.25) is 5.95 Å². The molecule has 2 aliphatic rings. The summed E-state index contributed by atoms with van der Waals surface area (Å²) in [6.45, 7) is 2.69. The van der Waals surface area contributed by atoms with Crippen LogP contribution in [-0.2, 0) is 13.2 Å². The van der Waals surface area contributed by atoms with E-state index in [0.29, 0.717) is 28.5 Å². The molecule has 1 spiro atoms. The molecule has 2 fully saturated rings. The van der Waals surface area contributed by atoms with E-state index in [0.717, 1.165) is 26.4 Å². The fourth-order valence-electron chi connectivity index (χ4n) is 4.49. The minimum absolute atomic E-state index is 0.0487. The predicted molar refractivity (Wildman–Crippen MR) is 105 cm³/mol. The second-order valence-corrected chi connectivity index (χ2v) is 8.63. The van der Waals surface area contributed by atoms with Crippen molar-refractivity contribution in [3.8, 4) is 11.3 Å². The van der Waals surface area contributed by atoms with E-state index in [9.17, 15) is 22.0 Å². The average molecular weight is 437 g/mol. The second kappa shape index (κ2) is 6.61. The lowest BCUT2D eigenvalue weighted by Crippen LogP contribution is -2.37. The van der Waals surface area contributed by atoms with Crippen LogP contribution in [0.15, 0.2) is 12.3 Å². The van der Waals surface area contributed by atoms with Crippen molar-refractivity contribution in [2.45, 2.75) is 38.8 Å². The Hall–Kier alpha value is -2.78. The maximum absolute atomic E-state index is 14.8. The number of nitrogens with zero attached hydrogens (tertiary/aromatic N) is 5. The first-order valence-corrected chi connectivity index (χ1v) is 10.1. The molecular formula is C21H20F5N5. The van der Waals surface area contributed by atoms with Crippen molar-refractivity contribution in [3.63, 3.8) is 0 Å². The Morgan fingerprint density at radius 2 is 1.84 bits per heavy atom. The summed E-state index contributed by atoms with van der Waals surface area (Å²) in [6.07, 6.45) is 1.15. The zero-order valence-electron chi connectivity index (χ0n) is 17.0. The first-order valence-electron chi connectivity index (χ1n) is 10.1. The molecule has 0 N–H and O–H groups in total. The van der Waals surface area contributed by atoms with Gasteiger partial charge in [0.15, 0.2) is 5.65 Å². The molecule has 31 heavy (non-hydrogen) atoms. The number of hydrogen-bond acceptors (Lipinski definition) is 4. The van der Waals surface area contributed by atoms with Gasteiger partial charge in [0.25, 0.3) is 0 Å². The largest absolute Gasteiger partial charge is 0.419 e. The molecule has 1 saturated carbocycles. The molecule has 5 nitrogen and oxygen atoms in total. The number of hydrogen-bond donors (Lipinski definition) is 0. The molecular weight excluding hydrogens is 417 g/mol. The lowest BCUT2D eigenvalue weighted by molar-refractivity contribution is -0.140. The fourth-order valence-corrected chi connectivity index (χ4v) is 4.49. The lowest BCUT2D eigenvalue weighted by atomic mass is 9.95. The third kappa shape index (κ3) is 3.23. The molecule has 0 unspecified atom stereocenters. The predicted octanol–water partition coefficient (Wildman–Crippen LogP) is 5.02. The van der Waals surface area contributed by atoms with Gasteiger partial charge in [-0.05, 0) is 44.1 Å². The summed E-state index contributed by atoms with van der Waals surface area (Å²) in [5.41, 5.74) is -1.97. The highest BCUT2D eigenvalue weighted by Gasteiger charge is 2.46. The quantitative estimate of drug-likeness (QED) is 0.529. The Balaban J connectivity index is 1.61. The van der Waals surface area contributed by atoms with E-state index in [4.69, 9.17) is 0 Å². The maximum Gasteiger partial charge on any atom is 0.419 e. The zero-order valence-corrected chi connectivity index (χ0v) is 17.0. The average Bonchev–Trinajstić information content (AvgIpc) is 3.38. The van der Waals surface area contributed by atoms with Gasteiger partial charge in [0, 0.05) is 37.5 Å². The Morgan fingerprint density at radius 1 is 1.10 bits per heavy atom. The van der Waals surface area contributed by atoms with Crippen LogP contribution in [0.2, 0.25) is 0 Å². The van der Waals surface area contributed by atoms with Crippen LogP contribution in [0.1, 0.15) is 36.8 Å². The number of piperidine rings is 1. The molecule has 0 amide bonds. The van der Waals surface area contributed by atoms with E-state index in [1.807, 2.05) is 0 Å². The Morgan fingerprint density at radius 3 is 2.52 bits per heavy atom. The number of aromatic nitrogens is 4. The Kier molecular flexibility index (Phi) is 4.29. The first-order chi connectivity index (χ1) is 14.6. The van der Waals surface area contributed by atoms with Crippen molar-refractivity contribution in [2.75, 3.05) is 18.0 Å². The molecule has 1 aromatic carbocycles. The number of halogens is 5. The molecule has 164 valence electrons. The number of benzene rings is 1. The molecule has 0 atom stereocenters. The van der Waals surface area contributed by atoms with Crippen molar-refractivity contribution in [3.05, 3.63) is 35.0 Å². The van der Waals surface area contributed by atoms with Gasteiger partial charge in [-0.15, -0.1) is 0 Å². The molecule has 10 heteroatoms. The highest BCUT2D eigenvalue weighted by atomic mass is 19.4. The number of fused-ring (bicyclic) bond motifs is 1. The standard InChI is InChI=1S/C21H20F5N5/c1-11-15(22)12(8-14(16(11)23)21(24,25)26)17-13-9-27-19(28-18(13)30(2)29-17)31-7-3-4-20(10-31)5-6-20/h8-9H,3-7,10H2,1-2H3. The third-order valence-electron chi connectivity index (χ3n) is 6.45. The van der Waals surface area contributed by atoms with Gasteiger partial charge >= 0.3 is 6.18 Å². The SMILES string of the molecule is Cc1c(F)c(-c2nn(C)c3nc(N4CCCC5(CC5)C4)ncc23)cc(C(F)(F)F)c1F. The van der Waals surface area contributed by atoms with Gasteiger partial charge in [-0.25, -0.2) is 18.4 Å². The summed E-state index contributed by atoms with van der Waals surface area (Å²) >= 11 is 0. The van der Waals surface area contributed by atoms with E-state index >= 15 is 0 Å². The van der Waals surface area contributed by atoms with Gasteiger partial charge in [-0.3, -0.25) is 0 Å². The summed E-state index contributed by atoms with van der Waals surface area (Å²) in [6, 6.07) is 0.467. The molecule has 1 aliphatic carbocycles. The van der Waals surface area contributed by atoms with Crippen LogP contribution >= 0.6 is 0 Å². The highest BCUT2D eigenvalue weighted by Crippen LogP contribution is 2.52. The monoisotopic (exact) mass is 437 g/mol.